The van der Waals surface area contributed by atoms with Gasteiger partial charge in [0.2, 0.25) is 0 Å². The van der Waals surface area contributed by atoms with Crippen LogP contribution in [0.4, 0.5) is 0 Å². The molecule has 120 valence electrons. The van der Waals surface area contributed by atoms with E-state index in [1.165, 1.54) is 0 Å². The molecule has 1 aliphatic carbocycles. The summed E-state index contributed by atoms with van der Waals surface area (Å²) >= 11 is 0. The number of rotatable bonds is 10. The summed E-state index contributed by atoms with van der Waals surface area (Å²) in [6.45, 7) is 3.74. The van der Waals surface area contributed by atoms with Crippen molar-refractivity contribution in [2.75, 3.05) is 32.7 Å². The van der Waals surface area contributed by atoms with Gasteiger partial charge in [-0.1, -0.05) is 0 Å². The van der Waals surface area contributed by atoms with Crippen molar-refractivity contribution >= 4 is 0 Å². The predicted molar refractivity (Wildman–Crippen MR) is 85.8 cm³/mol. The highest BCUT2D eigenvalue weighted by Gasteiger charge is 2.47. The molecule has 0 spiro atoms. The molecule has 1 fully saturated rings. The zero-order chi connectivity index (χ0) is 15.0. The first-order valence-corrected chi connectivity index (χ1v) is 8.25. The maximum absolute atomic E-state index is 5.85. The van der Waals surface area contributed by atoms with E-state index in [9.17, 15) is 0 Å². The minimum absolute atomic E-state index is 0.653. The molecule has 0 aromatic heterocycles. The lowest BCUT2D eigenvalue weighted by atomic mass is 9.81. The Hall–Kier alpha value is -0.200. The molecule has 0 bridgehead atoms. The summed E-state index contributed by atoms with van der Waals surface area (Å²) in [5, 5.41) is 0. The lowest BCUT2D eigenvalue weighted by molar-refractivity contribution is 0.248. The van der Waals surface area contributed by atoms with Gasteiger partial charge in [-0.25, -0.2) is 0 Å². The summed E-state index contributed by atoms with van der Waals surface area (Å²) in [6, 6.07) is 0. The quantitative estimate of drug-likeness (QED) is 0.380. The van der Waals surface area contributed by atoms with Gasteiger partial charge in [-0.15, -0.1) is 0 Å². The van der Waals surface area contributed by atoms with Gasteiger partial charge in [-0.3, -0.25) is 0 Å². The molecule has 0 aliphatic heterocycles. The summed E-state index contributed by atoms with van der Waals surface area (Å²) in [5.41, 5.74) is 29.3. The fourth-order valence-corrected chi connectivity index (χ4v) is 4.69. The molecule has 0 saturated heterocycles. The van der Waals surface area contributed by atoms with Crippen LogP contribution in [-0.4, -0.2) is 32.7 Å². The van der Waals surface area contributed by atoms with Crippen LogP contribution >= 0.6 is 0 Å². The number of hydrogen-bond acceptors (Lipinski definition) is 5. The van der Waals surface area contributed by atoms with E-state index in [1.807, 2.05) is 0 Å². The van der Waals surface area contributed by atoms with Gasteiger partial charge in [0.1, 0.15) is 0 Å². The van der Waals surface area contributed by atoms with Crippen LogP contribution in [0, 0.1) is 29.6 Å². The maximum atomic E-state index is 5.85. The molecule has 0 heterocycles. The Labute approximate surface area is 124 Å². The van der Waals surface area contributed by atoms with Gasteiger partial charge in [-0.2, -0.15) is 0 Å². The van der Waals surface area contributed by atoms with Crippen molar-refractivity contribution < 1.29 is 0 Å². The summed E-state index contributed by atoms with van der Waals surface area (Å²) in [6.07, 6.45) is 5.40. The average molecular weight is 285 g/mol. The van der Waals surface area contributed by atoms with E-state index >= 15 is 0 Å². The minimum Gasteiger partial charge on any atom is -0.330 e. The lowest BCUT2D eigenvalue weighted by Crippen LogP contribution is -2.25. The molecular formula is C15H35N5. The molecule has 0 aromatic carbocycles. The summed E-state index contributed by atoms with van der Waals surface area (Å²) < 4.78 is 0. The van der Waals surface area contributed by atoms with Crippen molar-refractivity contribution in [3.8, 4) is 0 Å². The van der Waals surface area contributed by atoms with Gasteiger partial charge in [-0.05, 0) is 94.4 Å². The first kappa shape index (κ1) is 17.9. The molecular weight excluding hydrogens is 250 g/mol. The standard InChI is InChI=1S/C15H35N5/c16-6-1-11-12(2-7-17)14(4-9-19)15(5-10-20)13(11)3-8-18/h11-15H,1-10,16-20H2. The third-order valence-corrected chi connectivity index (χ3v) is 5.25. The first-order chi connectivity index (χ1) is 9.74. The molecule has 0 amide bonds. The highest BCUT2D eigenvalue weighted by atomic mass is 14.6. The molecule has 1 rings (SSSR count). The van der Waals surface area contributed by atoms with Gasteiger partial charge in [0, 0.05) is 0 Å². The van der Waals surface area contributed by atoms with Gasteiger partial charge in [0.05, 0.1) is 0 Å². The molecule has 1 saturated carbocycles. The Bertz CT molecular complexity index is 180. The molecule has 5 nitrogen and oxygen atoms in total. The first-order valence-electron chi connectivity index (χ1n) is 8.25. The fraction of sp³-hybridized carbons (Fsp3) is 1.00. The Morgan fingerprint density at radius 1 is 0.350 bits per heavy atom. The average Bonchev–Trinajstić information content (AvgIpc) is 2.68. The normalized spacial score (nSPS) is 33.8. The van der Waals surface area contributed by atoms with Gasteiger partial charge < -0.3 is 28.7 Å². The molecule has 0 atom stereocenters. The van der Waals surface area contributed by atoms with E-state index in [-0.39, 0.29) is 0 Å². The van der Waals surface area contributed by atoms with E-state index < -0.39 is 0 Å². The largest absolute Gasteiger partial charge is 0.330 e. The van der Waals surface area contributed by atoms with Crippen LogP contribution in [0.2, 0.25) is 0 Å². The van der Waals surface area contributed by atoms with Crippen LogP contribution in [0.3, 0.4) is 0 Å². The number of nitrogens with two attached hydrogens (primary N) is 5. The van der Waals surface area contributed by atoms with E-state index in [1.54, 1.807) is 0 Å². The fourth-order valence-electron chi connectivity index (χ4n) is 4.69. The van der Waals surface area contributed by atoms with E-state index in [4.69, 9.17) is 28.7 Å². The van der Waals surface area contributed by atoms with Crippen LogP contribution in [0.15, 0.2) is 0 Å². The van der Waals surface area contributed by atoms with Crippen LogP contribution in [0.25, 0.3) is 0 Å². The zero-order valence-corrected chi connectivity index (χ0v) is 12.8. The second-order valence-corrected chi connectivity index (χ2v) is 6.21. The molecule has 10 N–H and O–H groups in total. The highest BCUT2D eigenvalue weighted by molar-refractivity contribution is 4.97. The van der Waals surface area contributed by atoms with Crippen molar-refractivity contribution in [2.24, 2.45) is 58.3 Å². The Morgan fingerprint density at radius 3 is 0.600 bits per heavy atom. The molecule has 0 aromatic rings. The van der Waals surface area contributed by atoms with Crippen LogP contribution < -0.4 is 28.7 Å². The van der Waals surface area contributed by atoms with Crippen molar-refractivity contribution in [3.05, 3.63) is 0 Å². The van der Waals surface area contributed by atoms with Crippen molar-refractivity contribution in [1.29, 1.82) is 0 Å². The smallest absolute Gasteiger partial charge is 0.00744 e. The van der Waals surface area contributed by atoms with Gasteiger partial charge in [0.15, 0.2) is 0 Å². The molecule has 5 heteroatoms. The van der Waals surface area contributed by atoms with Crippen LogP contribution in [-0.2, 0) is 0 Å². The van der Waals surface area contributed by atoms with Crippen molar-refractivity contribution in [3.63, 3.8) is 0 Å². The highest BCUT2D eigenvalue weighted by Crippen LogP contribution is 2.52. The van der Waals surface area contributed by atoms with E-state index in [2.05, 4.69) is 0 Å². The predicted octanol–water partition coefficient (Wildman–Crippen LogP) is -0.175. The van der Waals surface area contributed by atoms with Crippen molar-refractivity contribution in [2.45, 2.75) is 32.1 Å². The second-order valence-electron chi connectivity index (χ2n) is 6.21. The van der Waals surface area contributed by atoms with Crippen molar-refractivity contribution in [1.82, 2.24) is 0 Å². The third kappa shape index (κ3) is 4.15. The molecule has 20 heavy (non-hydrogen) atoms. The van der Waals surface area contributed by atoms with Gasteiger partial charge >= 0.3 is 0 Å². The molecule has 1 aliphatic rings. The van der Waals surface area contributed by atoms with E-state index in [0.717, 1.165) is 64.8 Å². The monoisotopic (exact) mass is 285 g/mol. The minimum atomic E-state index is 0.653. The lowest BCUT2D eigenvalue weighted by Gasteiger charge is -2.26. The SMILES string of the molecule is NCCC1C(CCN)C(CCN)C(CCN)C1CCN. The van der Waals surface area contributed by atoms with Crippen LogP contribution in [0.5, 0.6) is 0 Å². The molecule has 0 radical (unpaired) electrons. The Balaban J connectivity index is 2.95. The number of hydrogen-bond donors (Lipinski definition) is 5. The summed E-state index contributed by atoms with van der Waals surface area (Å²) in [4.78, 5) is 0. The zero-order valence-electron chi connectivity index (χ0n) is 12.8. The summed E-state index contributed by atoms with van der Waals surface area (Å²) in [5.74, 6) is 3.26. The van der Waals surface area contributed by atoms with E-state index in [0.29, 0.717) is 29.6 Å². The van der Waals surface area contributed by atoms with Crippen LogP contribution in [0.1, 0.15) is 32.1 Å². The summed E-state index contributed by atoms with van der Waals surface area (Å²) in [7, 11) is 0. The second kappa shape index (κ2) is 9.68. The maximum Gasteiger partial charge on any atom is -0.00744 e. The van der Waals surface area contributed by atoms with Gasteiger partial charge in [0.25, 0.3) is 0 Å². The Morgan fingerprint density at radius 2 is 0.500 bits per heavy atom. The molecule has 0 unspecified atom stereocenters. The topological polar surface area (TPSA) is 130 Å². The Kier molecular flexibility index (Phi) is 8.64. The third-order valence-electron chi connectivity index (χ3n) is 5.25.